The zero-order valence-electron chi connectivity index (χ0n) is 12.9. The molecule has 3 rings (SSSR count). The molecule has 0 aliphatic carbocycles. The predicted octanol–water partition coefficient (Wildman–Crippen LogP) is 2.93. The van der Waals surface area contributed by atoms with E-state index in [-0.39, 0.29) is 11.5 Å². The minimum absolute atomic E-state index is 0.0201. The van der Waals surface area contributed by atoms with E-state index in [1.165, 1.54) is 24.3 Å². The normalized spacial score (nSPS) is 14.3. The third kappa shape index (κ3) is 2.99. The van der Waals surface area contributed by atoms with Gasteiger partial charge in [-0.2, -0.15) is 5.26 Å². The molecule has 0 amide bonds. The van der Waals surface area contributed by atoms with E-state index in [1.54, 1.807) is 18.2 Å². The molecule has 0 atom stereocenters. The Kier molecular flexibility index (Phi) is 4.29. The fraction of sp³-hybridized carbons (Fsp3) is 0.235. The van der Waals surface area contributed by atoms with E-state index in [9.17, 15) is 14.5 Å². The van der Waals surface area contributed by atoms with E-state index in [2.05, 4.69) is 0 Å². The van der Waals surface area contributed by atoms with E-state index in [0.717, 1.165) is 0 Å². The highest BCUT2D eigenvalue weighted by Crippen LogP contribution is 2.31. The Bertz CT molecular complexity index is 810. The van der Waals surface area contributed by atoms with Gasteiger partial charge in [0.1, 0.15) is 11.5 Å². The quantitative estimate of drug-likeness (QED) is 0.640. The number of nitro groups is 1. The number of anilines is 2. The van der Waals surface area contributed by atoms with Crippen LogP contribution in [0.25, 0.3) is 0 Å². The van der Waals surface area contributed by atoms with Gasteiger partial charge in [-0.15, -0.1) is 0 Å². The average Bonchev–Trinajstić information content (AvgIpc) is 2.61. The van der Waals surface area contributed by atoms with E-state index in [4.69, 9.17) is 5.26 Å². The maximum Gasteiger partial charge on any atom is 0.292 e. The van der Waals surface area contributed by atoms with Crippen LogP contribution < -0.4 is 9.80 Å². The van der Waals surface area contributed by atoms with Gasteiger partial charge in [0.2, 0.25) is 0 Å². The number of nitriles is 1. The van der Waals surface area contributed by atoms with Gasteiger partial charge in [-0.3, -0.25) is 10.1 Å². The van der Waals surface area contributed by atoms with E-state index in [1.807, 2.05) is 15.9 Å². The first-order valence-electron chi connectivity index (χ1n) is 7.53. The Hall–Kier alpha value is -3.14. The number of nitrogens with zero attached hydrogens (tertiary/aromatic N) is 4. The molecule has 24 heavy (non-hydrogen) atoms. The minimum Gasteiger partial charge on any atom is -0.366 e. The van der Waals surface area contributed by atoms with E-state index < -0.39 is 4.92 Å². The molecule has 0 N–H and O–H groups in total. The summed E-state index contributed by atoms with van der Waals surface area (Å²) >= 11 is 0. The van der Waals surface area contributed by atoms with Crippen LogP contribution in [0.1, 0.15) is 5.56 Å². The number of halogens is 1. The molecule has 122 valence electrons. The lowest BCUT2D eigenvalue weighted by atomic mass is 10.1. The lowest BCUT2D eigenvalue weighted by molar-refractivity contribution is -0.384. The average molecular weight is 326 g/mol. The first kappa shape index (κ1) is 15.7. The SMILES string of the molecule is N#Cc1ccc([N+](=O)[O-])c(N2CCN(c3ccccc3F)CC2)c1. The van der Waals surface area contributed by atoms with Gasteiger partial charge in [0.15, 0.2) is 0 Å². The van der Waals surface area contributed by atoms with Crippen LogP contribution in [-0.2, 0) is 0 Å². The van der Waals surface area contributed by atoms with Crippen molar-refractivity contribution in [3.63, 3.8) is 0 Å². The molecule has 0 radical (unpaired) electrons. The van der Waals surface area contributed by atoms with Gasteiger partial charge in [0, 0.05) is 32.2 Å². The van der Waals surface area contributed by atoms with Crippen LogP contribution in [0.3, 0.4) is 0 Å². The second-order valence-corrected chi connectivity index (χ2v) is 5.50. The zero-order valence-corrected chi connectivity index (χ0v) is 12.9. The fourth-order valence-corrected chi connectivity index (χ4v) is 2.90. The predicted molar refractivity (Wildman–Crippen MR) is 88.6 cm³/mol. The van der Waals surface area contributed by atoms with Gasteiger partial charge >= 0.3 is 0 Å². The Morgan fingerprint density at radius 3 is 2.25 bits per heavy atom. The molecule has 1 saturated heterocycles. The van der Waals surface area contributed by atoms with E-state index in [0.29, 0.717) is 43.1 Å². The first-order valence-corrected chi connectivity index (χ1v) is 7.53. The Balaban J connectivity index is 1.81. The number of benzene rings is 2. The molecule has 1 aliphatic rings. The molecule has 7 heteroatoms. The van der Waals surface area contributed by atoms with Crippen molar-refractivity contribution in [2.24, 2.45) is 0 Å². The van der Waals surface area contributed by atoms with Crippen molar-refractivity contribution in [1.82, 2.24) is 0 Å². The number of rotatable bonds is 3. The van der Waals surface area contributed by atoms with Crippen LogP contribution in [0.5, 0.6) is 0 Å². The maximum absolute atomic E-state index is 13.9. The summed E-state index contributed by atoms with van der Waals surface area (Å²) in [5, 5.41) is 20.3. The number of para-hydroxylation sites is 1. The third-order valence-corrected chi connectivity index (χ3v) is 4.11. The summed E-state index contributed by atoms with van der Waals surface area (Å²) in [5.41, 5.74) is 1.34. The molecule has 1 aliphatic heterocycles. The summed E-state index contributed by atoms with van der Waals surface area (Å²) in [4.78, 5) is 14.6. The third-order valence-electron chi connectivity index (χ3n) is 4.11. The molecule has 1 fully saturated rings. The van der Waals surface area contributed by atoms with Crippen LogP contribution in [0.2, 0.25) is 0 Å². The summed E-state index contributed by atoms with van der Waals surface area (Å²) in [7, 11) is 0. The highest BCUT2D eigenvalue weighted by atomic mass is 19.1. The smallest absolute Gasteiger partial charge is 0.292 e. The molecule has 0 aromatic heterocycles. The molecular formula is C17H15FN4O2. The molecular weight excluding hydrogens is 311 g/mol. The van der Waals surface area contributed by atoms with Crippen LogP contribution in [0.4, 0.5) is 21.5 Å². The second-order valence-electron chi connectivity index (χ2n) is 5.50. The molecule has 0 spiro atoms. The topological polar surface area (TPSA) is 73.4 Å². The number of hydrogen-bond acceptors (Lipinski definition) is 5. The van der Waals surface area contributed by atoms with Crippen molar-refractivity contribution < 1.29 is 9.31 Å². The monoisotopic (exact) mass is 326 g/mol. The molecule has 6 nitrogen and oxygen atoms in total. The molecule has 1 heterocycles. The largest absolute Gasteiger partial charge is 0.366 e. The van der Waals surface area contributed by atoms with Gasteiger partial charge in [0.25, 0.3) is 5.69 Å². The van der Waals surface area contributed by atoms with Gasteiger partial charge in [-0.25, -0.2) is 4.39 Å². The molecule has 2 aromatic rings. The Morgan fingerprint density at radius 1 is 1.04 bits per heavy atom. The van der Waals surface area contributed by atoms with Crippen LogP contribution >= 0.6 is 0 Å². The van der Waals surface area contributed by atoms with Crippen LogP contribution in [-0.4, -0.2) is 31.1 Å². The maximum atomic E-state index is 13.9. The summed E-state index contributed by atoms with van der Waals surface area (Å²) in [6.45, 7) is 2.14. The highest BCUT2D eigenvalue weighted by Gasteiger charge is 2.25. The molecule has 0 saturated carbocycles. The summed E-state index contributed by atoms with van der Waals surface area (Å²) in [6.07, 6.45) is 0. The summed E-state index contributed by atoms with van der Waals surface area (Å²) in [6, 6.07) is 12.9. The molecule has 2 aromatic carbocycles. The van der Waals surface area contributed by atoms with E-state index >= 15 is 0 Å². The molecule has 0 unspecified atom stereocenters. The fourth-order valence-electron chi connectivity index (χ4n) is 2.90. The highest BCUT2D eigenvalue weighted by molar-refractivity contribution is 5.66. The second kappa shape index (κ2) is 6.54. The Morgan fingerprint density at radius 2 is 1.67 bits per heavy atom. The van der Waals surface area contributed by atoms with Crippen LogP contribution in [0.15, 0.2) is 42.5 Å². The lowest BCUT2D eigenvalue weighted by Gasteiger charge is -2.37. The number of piperazine rings is 1. The standard InChI is InChI=1S/C17H15FN4O2/c18-14-3-1-2-4-15(14)20-7-9-21(10-8-20)17-11-13(12-19)5-6-16(17)22(23)24/h1-6,11H,7-10H2. The van der Waals surface area contributed by atoms with Gasteiger partial charge < -0.3 is 9.80 Å². The summed E-state index contributed by atoms with van der Waals surface area (Å²) < 4.78 is 13.9. The zero-order chi connectivity index (χ0) is 17.1. The number of hydrogen-bond donors (Lipinski definition) is 0. The van der Waals surface area contributed by atoms with Gasteiger partial charge in [0.05, 0.1) is 22.2 Å². The van der Waals surface area contributed by atoms with Crippen molar-refractivity contribution in [3.8, 4) is 6.07 Å². The van der Waals surface area contributed by atoms with Gasteiger partial charge in [-0.1, -0.05) is 12.1 Å². The van der Waals surface area contributed by atoms with Gasteiger partial charge in [-0.05, 0) is 24.3 Å². The van der Waals surface area contributed by atoms with Crippen molar-refractivity contribution in [2.75, 3.05) is 36.0 Å². The minimum atomic E-state index is -0.445. The van der Waals surface area contributed by atoms with Crippen molar-refractivity contribution >= 4 is 17.1 Å². The molecule has 0 bridgehead atoms. The Labute approximate surface area is 138 Å². The van der Waals surface area contributed by atoms with Crippen molar-refractivity contribution in [2.45, 2.75) is 0 Å². The van der Waals surface area contributed by atoms with Crippen molar-refractivity contribution in [3.05, 3.63) is 64.0 Å². The van der Waals surface area contributed by atoms with Crippen molar-refractivity contribution in [1.29, 1.82) is 5.26 Å². The lowest BCUT2D eigenvalue weighted by Crippen LogP contribution is -2.47. The van der Waals surface area contributed by atoms with Crippen LogP contribution in [0, 0.1) is 27.3 Å². The first-order chi connectivity index (χ1) is 11.6. The number of nitro benzene ring substituents is 1. The summed E-state index contributed by atoms with van der Waals surface area (Å²) in [5.74, 6) is -0.275.